The van der Waals surface area contributed by atoms with Gasteiger partial charge in [-0.25, -0.2) is 0 Å². The molecule has 112 valence electrons. The molecule has 8 heteroatoms. The second-order valence-corrected chi connectivity index (χ2v) is 5.20. The predicted molar refractivity (Wildman–Crippen MR) is 70.0 cm³/mol. The van der Waals surface area contributed by atoms with E-state index in [1.54, 1.807) is 18.2 Å². The number of carboxylic acid groups (broad SMARTS) is 2. The Morgan fingerprint density at radius 3 is 1.55 bits per heavy atom. The molecule has 0 atom stereocenters. The highest BCUT2D eigenvalue weighted by Crippen LogP contribution is 2.05. The van der Waals surface area contributed by atoms with Gasteiger partial charge in [-0.2, -0.15) is 8.42 Å². The maximum Gasteiger partial charge on any atom is 0.303 e. The minimum atomic E-state index is -4.00. The summed E-state index contributed by atoms with van der Waals surface area (Å²) in [4.78, 5) is 19.7. The smallest absolute Gasteiger partial charge is 0.303 e. The summed E-state index contributed by atoms with van der Waals surface area (Å²) in [6.45, 7) is 0. The minimum Gasteiger partial charge on any atom is -0.481 e. The van der Waals surface area contributed by atoms with Crippen molar-refractivity contribution in [3.8, 4) is 0 Å². The lowest BCUT2D eigenvalue weighted by molar-refractivity contribution is -0.139. The summed E-state index contributed by atoms with van der Waals surface area (Å²) in [5, 5.41) is 16.3. The topological polar surface area (TPSA) is 129 Å². The summed E-state index contributed by atoms with van der Waals surface area (Å²) < 4.78 is 29.2. The van der Waals surface area contributed by atoms with Crippen LogP contribution in [0.5, 0.6) is 0 Å². The largest absolute Gasteiger partial charge is 0.481 e. The van der Waals surface area contributed by atoms with E-state index in [0.717, 1.165) is 0 Å². The van der Waals surface area contributed by atoms with Crippen LogP contribution in [-0.4, -0.2) is 35.1 Å². The number of benzene rings is 1. The summed E-state index contributed by atoms with van der Waals surface area (Å²) >= 11 is 0. The van der Waals surface area contributed by atoms with E-state index in [-0.39, 0.29) is 17.7 Å². The molecule has 0 saturated heterocycles. The fraction of sp³-hybridized carbons (Fsp3) is 0.333. The molecule has 0 aliphatic heterocycles. The quantitative estimate of drug-likeness (QED) is 0.538. The molecule has 0 fully saturated rings. The van der Waals surface area contributed by atoms with Crippen LogP contribution in [0.1, 0.15) is 25.7 Å². The zero-order valence-corrected chi connectivity index (χ0v) is 11.4. The average Bonchev–Trinajstić information content (AvgIpc) is 2.35. The summed E-state index contributed by atoms with van der Waals surface area (Å²) in [6, 6.07) is 7.42. The molecule has 0 aliphatic carbocycles. The van der Waals surface area contributed by atoms with Crippen LogP contribution in [-0.2, 0) is 19.7 Å². The molecule has 1 aromatic carbocycles. The van der Waals surface area contributed by atoms with Crippen molar-refractivity contribution in [2.45, 2.75) is 30.6 Å². The first-order chi connectivity index (χ1) is 9.23. The van der Waals surface area contributed by atoms with Crippen molar-refractivity contribution in [1.82, 2.24) is 0 Å². The first kappa shape index (κ1) is 18.1. The summed E-state index contributed by atoms with van der Waals surface area (Å²) in [7, 11) is -4.00. The molecular formula is C12H16O7S. The van der Waals surface area contributed by atoms with E-state index in [9.17, 15) is 18.0 Å². The van der Waals surface area contributed by atoms with Gasteiger partial charge in [0.25, 0.3) is 10.1 Å². The van der Waals surface area contributed by atoms with Crippen LogP contribution >= 0.6 is 0 Å². The SMILES string of the molecule is O=C(O)CCCCC(=O)O.O=S(=O)(O)c1ccccc1. The number of rotatable bonds is 6. The van der Waals surface area contributed by atoms with E-state index >= 15 is 0 Å². The number of hydrogen-bond acceptors (Lipinski definition) is 4. The van der Waals surface area contributed by atoms with Crippen LogP contribution in [0.25, 0.3) is 0 Å². The van der Waals surface area contributed by atoms with Gasteiger partial charge in [0, 0.05) is 12.8 Å². The summed E-state index contributed by atoms with van der Waals surface area (Å²) in [5.74, 6) is -1.74. The number of aliphatic carboxylic acids is 2. The molecule has 1 rings (SSSR count). The van der Waals surface area contributed by atoms with Gasteiger partial charge in [-0.3, -0.25) is 14.1 Å². The van der Waals surface area contributed by atoms with Gasteiger partial charge in [0.2, 0.25) is 0 Å². The highest BCUT2D eigenvalue weighted by molar-refractivity contribution is 7.85. The molecule has 0 radical (unpaired) electrons. The zero-order valence-electron chi connectivity index (χ0n) is 10.6. The van der Waals surface area contributed by atoms with Gasteiger partial charge in [-0.1, -0.05) is 18.2 Å². The Kier molecular flexibility index (Phi) is 8.18. The van der Waals surface area contributed by atoms with Crippen molar-refractivity contribution < 1.29 is 32.8 Å². The highest BCUT2D eigenvalue weighted by atomic mass is 32.2. The maximum absolute atomic E-state index is 10.4. The van der Waals surface area contributed by atoms with Gasteiger partial charge in [0.05, 0.1) is 4.90 Å². The Balaban J connectivity index is 0.000000361. The van der Waals surface area contributed by atoms with E-state index < -0.39 is 22.1 Å². The molecule has 0 amide bonds. The Bertz CT molecular complexity index is 506. The van der Waals surface area contributed by atoms with Crippen LogP contribution < -0.4 is 0 Å². The predicted octanol–water partition coefficient (Wildman–Crippen LogP) is 1.65. The first-order valence-electron chi connectivity index (χ1n) is 5.69. The lowest BCUT2D eigenvalue weighted by Gasteiger charge is -1.92. The molecule has 0 heterocycles. The van der Waals surface area contributed by atoms with E-state index in [2.05, 4.69) is 0 Å². The third-order valence-electron chi connectivity index (χ3n) is 2.07. The maximum atomic E-state index is 10.4. The molecule has 3 N–H and O–H groups in total. The number of hydrogen-bond donors (Lipinski definition) is 3. The number of unbranched alkanes of at least 4 members (excludes halogenated alkanes) is 1. The van der Waals surface area contributed by atoms with Crippen LogP contribution in [0.3, 0.4) is 0 Å². The molecule has 0 aromatic heterocycles. The van der Waals surface area contributed by atoms with Gasteiger partial charge in [-0.15, -0.1) is 0 Å². The molecular weight excluding hydrogens is 288 g/mol. The number of carboxylic acids is 2. The lowest BCUT2D eigenvalue weighted by Crippen LogP contribution is -1.97. The molecule has 0 aliphatic rings. The zero-order chi connectivity index (χ0) is 15.6. The van der Waals surface area contributed by atoms with Gasteiger partial charge < -0.3 is 10.2 Å². The van der Waals surface area contributed by atoms with Crippen LogP contribution in [0.4, 0.5) is 0 Å². The molecule has 0 unspecified atom stereocenters. The highest BCUT2D eigenvalue weighted by Gasteiger charge is 2.05. The van der Waals surface area contributed by atoms with Crippen molar-refractivity contribution in [2.75, 3.05) is 0 Å². The second-order valence-electron chi connectivity index (χ2n) is 3.78. The minimum absolute atomic E-state index is 0.0628. The number of carbonyl (C=O) groups is 2. The van der Waals surface area contributed by atoms with Crippen LogP contribution in [0.2, 0.25) is 0 Å². The standard InChI is InChI=1S/C6H10O4.C6H6O3S/c7-5(8)3-1-2-4-6(9)10;7-10(8,9)6-4-2-1-3-5-6/h1-4H2,(H,7,8)(H,9,10);1-5H,(H,7,8,9). The van der Waals surface area contributed by atoms with Crippen molar-refractivity contribution in [2.24, 2.45) is 0 Å². The van der Waals surface area contributed by atoms with Gasteiger partial charge in [0.15, 0.2) is 0 Å². The second kappa shape index (κ2) is 9.05. The normalized spacial score (nSPS) is 10.2. The Labute approximate surface area is 116 Å². The fourth-order valence-corrected chi connectivity index (χ4v) is 1.65. The van der Waals surface area contributed by atoms with Gasteiger partial charge in [0.1, 0.15) is 0 Å². The Hall–Kier alpha value is -1.93. The molecule has 20 heavy (non-hydrogen) atoms. The molecule has 1 aromatic rings. The van der Waals surface area contributed by atoms with E-state index in [4.69, 9.17) is 14.8 Å². The van der Waals surface area contributed by atoms with Crippen molar-refractivity contribution >= 4 is 22.1 Å². The third-order valence-corrected chi connectivity index (χ3v) is 2.94. The molecule has 0 saturated carbocycles. The fourth-order valence-electron chi connectivity index (χ4n) is 1.14. The van der Waals surface area contributed by atoms with Gasteiger partial charge >= 0.3 is 11.9 Å². The Morgan fingerprint density at radius 1 is 0.900 bits per heavy atom. The van der Waals surface area contributed by atoms with Crippen molar-refractivity contribution in [3.05, 3.63) is 30.3 Å². The van der Waals surface area contributed by atoms with Crippen LogP contribution in [0.15, 0.2) is 35.2 Å². The first-order valence-corrected chi connectivity index (χ1v) is 7.13. The van der Waals surface area contributed by atoms with Crippen molar-refractivity contribution in [1.29, 1.82) is 0 Å². The Morgan fingerprint density at radius 2 is 1.30 bits per heavy atom. The van der Waals surface area contributed by atoms with E-state index in [1.807, 2.05) is 0 Å². The third kappa shape index (κ3) is 10.0. The van der Waals surface area contributed by atoms with E-state index in [1.165, 1.54) is 12.1 Å². The summed E-state index contributed by atoms with van der Waals surface area (Å²) in [5.41, 5.74) is 0. The average molecular weight is 304 g/mol. The van der Waals surface area contributed by atoms with E-state index in [0.29, 0.717) is 12.8 Å². The summed E-state index contributed by atoms with van der Waals surface area (Å²) in [6.07, 6.45) is 1.02. The molecule has 0 spiro atoms. The monoisotopic (exact) mass is 304 g/mol. The lowest BCUT2D eigenvalue weighted by atomic mass is 10.2. The van der Waals surface area contributed by atoms with Crippen LogP contribution in [0, 0.1) is 0 Å². The molecule has 0 bridgehead atoms. The molecule has 7 nitrogen and oxygen atoms in total. The van der Waals surface area contributed by atoms with Gasteiger partial charge in [-0.05, 0) is 25.0 Å². The van der Waals surface area contributed by atoms with Crippen molar-refractivity contribution in [3.63, 3.8) is 0 Å².